The highest BCUT2D eigenvalue weighted by atomic mass is 16.5. The molecule has 0 atom stereocenters. The van der Waals surface area contributed by atoms with Crippen LogP contribution in [0.15, 0.2) is 12.1 Å². The fraction of sp³-hybridized carbons (Fsp3) is 0.500. The Morgan fingerprint density at radius 3 is 2.31 bits per heavy atom. The molecular weight excluding hydrogens is 198 g/mol. The molecule has 0 radical (unpaired) electrons. The summed E-state index contributed by atoms with van der Waals surface area (Å²) in [4.78, 5) is 0. The van der Waals surface area contributed by atoms with Crippen molar-refractivity contribution >= 4 is 0 Å². The number of ether oxygens (including phenoxy) is 1. The molecule has 2 rings (SSSR count). The van der Waals surface area contributed by atoms with Gasteiger partial charge in [-0.15, -0.1) is 0 Å². The van der Waals surface area contributed by atoms with Crippen LogP contribution in [0.2, 0.25) is 0 Å². The normalized spacial score (nSPS) is 17.6. The molecule has 1 aromatic rings. The lowest BCUT2D eigenvalue weighted by atomic mass is 9.79. The van der Waals surface area contributed by atoms with Crippen LogP contribution in [0, 0.1) is 37.5 Å². The monoisotopic (exact) mass is 215 g/mol. The van der Waals surface area contributed by atoms with Crippen molar-refractivity contribution in [3.05, 3.63) is 34.4 Å². The summed E-state index contributed by atoms with van der Waals surface area (Å²) in [6, 6.07) is 6.81. The molecule has 1 fully saturated rings. The Hall–Kier alpha value is -1.33. The van der Waals surface area contributed by atoms with E-state index in [1.807, 2.05) is 0 Å². The molecule has 1 aromatic carbocycles. The number of nitrogens with zero attached hydrogens (tertiary/aromatic N) is 1. The zero-order valence-corrected chi connectivity index (χ0v) is 10.1. The number of hydrogen-bond acceptors (Lipinski definition) is 2. The van der Waals surface area contributed by atoms with Gasteiger partial charge < -0.3 is 4.74 Å². The van der Waals surface area contributed by atoms with Gasteiger partial charge in [0.2, 0.25) is 0 Å². The number of hydrogen-bond donors (Lipinski definition) is 0. The van der Waals surface area contributed by atoms with Gasteiger partial charge in [0, 0.05) is 0 Å². The first-order valence-electron chi connectivity index (χ1n) is 5.62. The van der Waals surface area contributed by atoms with E-state index in [4.69, 9.17) is 4.74 Å². The molecule has 0 unspecified atom stereocenters. The first-order chi connectivity index (χ1) is 7.56. The van der Waals surface area contributed by atoms with Crippen molar-refractivity contribution in [3.8, 4) is 6.07 Å². The number of benzene rings is 1. The van der Waals surface area contributed by atoms with Crippen LogP contribution in [0.3, 0.4) is 0 Å². The molecule has 1 aliphatic rings. The standard InChI is InChI=1S/C14H17NO/c1-10-4-12(3)13(5-11(10)2)6-14(7-15)8-16-9-14/h4-5H,6,8-9H2,1-3H3. The predicted octanol–water partition coefficient (Wildman–Crippen LogP) is 2.69. The van der Waals surface area contributed by atoms with Gasteiger partial charge in [-0.25, -0.2) is 0 Å². The summed E-state index contributed by atoms with van der Waals surface area (Å²) >= 11 is 0. The van der Waals surface area contributed by atoms with Gasteiger partial charge in [-0.2, -0.15) is 5.26 Å². The Morgan fingerprint density at radius 1 is 1.19 bits per heavy atom. The van der Waals surface area contributed by atoms with Crippen LogP contribution in [-0.4, -0.2) is 13.2 Å². The second kappa shape index (κ2) is 3.92. The van der Waals surface area contributed by atoms with E-state index >= 15 is 0 Å². The summed E-state index contributed by atoms with van der Waals surface area (Å²) in [6.45, 7) is 7.52. The van der Waals surface area contributed by atoms with Crippen LogP contribution in [0.1, 0.15) is 22.3 Å². The Morgan fingerprint density at radius 2 is 1.81 bits per heavy atom. The van der Waals surface area contributed by atoms with Crippen molar-refractivity contribution in [2.45, 2.75) is 27.2 Å². The molecule has 2 nitrogen and oxygen atoms in total. The maximum Gasteiger partial charge on any atom is 0.108 e. The topological polar surface area (TPSA) is 33.0 Å². The maximum atomic E-state index is 9.18. The second-order valence-corrected chi connectivity index (χ2v) is 4.92. The molecule has 0 amide bonds. The molecule has 0 bridgehead atoms. The highest BCUT2D eigenvalue weighted by molar-refractivity contribution is 5.37. The van der Waals surface area contributed by atoms with Crippen molar-refractivity contribution in [3.63, 3.8) is 0 Å². The molecule has 2 heteroatoms. The molecule has 1 aliphatic heterocycles. The highest BCUT2D eigenvalue weighted by Gasteiger charge is 2.39. The van der Waals surface area contributed by atoms with Gasteiger partial charge in [0.15, 0.2) is 0 Å². The smallest absolute Gasteiger partial charge is 0.108 e. The van der Waals surface area contributed by atoms with Crippen molar-refractivity contribution < 1.29 is 4.74 Å². The van der Waals surface area contributed by atoms with Crippen LogP contribution < -0.4 is 0 Å². The van der Waals surface area contributed by atoms with E-state index < -0.39 is 0 Å². The molecule has 0 saturated carbocycles. The van der Waals surface area contributed by atoms with Gasteiger partial charge in [-0.3, -0.25) is 0 Å². The fourth-order valence-corrected chi connectivity index (χ4v) is 2.13. The van der Waals surface area contributed by atoms with Gasteiger partial charge in [0.05, 0.1) is 19.3 Å². The average molecular weight is 215 g/mol. The van der Waals surface area contributed by atoms with Gasteiger partial charge >= 0.3 is 0 Å². The molecule has 0 aromatic heterocycles. The van der Waals surface area contributed by atoms with E-state index in [1.54, 1.807) is 0 Å². The summed E-state index contributed by atoms with van der Waals surface area (Å²) in [6.07, 6.45) is 0.816. The molecule has 0 spiro atoms. The lowest BCUT2D eigenvalue weighted by Crippen LogP contribution is -2.43. The molecule has 0 aliphatic carbocycles. The highest BCUT2D eigenvalue weighted by Crippen LogP contribution is 2.32. The molecule has 0 N–H and O–H groups in total. The summed E-state index contributed by atoms with van der Waals surface area (Å²) in [5.41, 5.74) is 4.91. The third-order valence-corrected chi connectivity index (χ3v) is 3.47. The molecule has 1 heterocycles. The minimum atomic E-state index is -0.271. The first-order valence-corrected chi connectivity index (χ1v) is 5.62. The minimum absolute atomic E-state index is 0.271. The summed E-state index contributed by atoms with van der Waals surface area (Å²) in [5.74, 6) is 0. The Labute approximate surface area is 96.9 Å². The SMILES string of the molecule is Cc1cc(C)c(CC2(C#N)COC2)cc1C. The van der Waals surface area contributed by atoms with Gasteiger partial charge in [0.1, 0.15) is 5.41 Å². The van der Waals surface area contributed by atoms with Crippen LogP contribution in [-0.2, 0) is 11.2 Å². The summed E-state index contributed by atoms with van der Waals surface area (Å²) in [5, 5.41) is 9.18. The zero-order valence-electron chi connectivity index (χ0n) is 10.1. The van der Waals surface area contributed by atoms with E-state index in [0.29, 0.717) is 13.2 Å². The summed E-state index contributed by atoms with van der Waals surface area (Å²) in [7, 11) is 0. The molecule has 84 valence electrons. The lowest BCUT2D eigenvalue weighted by Gasteiger charge is -2.35. The van der Waals surface area contributed by atoms with Crippen molar-refractivity contribution in [2.24, 2.45) is 5.41 Å². The van der Waals surface area contributed by atoms with Crippen molar-refractivity contribution in [2.75, 3.05) is 13.2 Å². The number of nitriles is 1. The van der Waals surface area contributed by atoms with Crippen molar-refractivity contribution in [1.82, 2.24) is 0 Å². The van der Waals surface area contributed by atoms with E-state index in [0.717, 1.165) is 6.42 Å². The first kappa shape index (κ1) is 11.2. The van der Waals surface area contributed by atoms with E-state index in [1.165, 1.54) is 22.3 Å². The van der Waals surface area contributed by atoms with E-state index in [9.17, 15) is 5.26 Å². The Bertz CT molecular complexity index is 453. The largest absolute Gasteiger partial charge is 0.378 e. The van der Waals surface area contributed by atoms with Gasteiger partial charge in [0.25, 0.3) is 0 Å². The average Bonchev–Trinajstić information content (AvgIpc) is 2.19. The maximum absolute atomic E-state index is 9.18. The van der Waals surface area contributed by atoms with E-state index in [2.05, 4.69) is 39.0 Å². The molecular formula is C14H17NO. The minimum Gasteiger partial charge on any atom is -0.378 e. The second-order valence-electron chi connectivity index (χ2n) is 4.92. The Kier molecular flexibility index (Phi) is 2.73. The Balaban J connectivity index is 2.28. The van der Waals surface area contributed by atoms with Gasteiger partial charge in [-0.1, -0.05) is 12.1 Å². The lowest BCUT2D eigenvalue weighted by molar-refractivity contribution is -0.0766. The van der Waals surface area contributed by atoms with Crippen molar-refractivity contribution in [1.29, 1.82) is 5.26 Å². The van der Waals surface area contributed by atoms with Crippen LogP contribution in [0.5, 0.6) is 0 Å². The summed E-state index contributed by atoms with van der Waals surface area (Å²) < 4.78 is 5.17. The molecule has 1 saturated heterocycles. The van der Waals surface area contributed by atoms with E-state index in [-0.39, 0.29) is 5.41 Å². The zero-order chi connectivity index (χ0) is 11.8. The third kappa shape index (κ3) is 1.83. The number of rotatable bonds is 2. The molecule has 16 heavy (non-hydrogen) atoms. The quantitative estimate of drug-likeness (QED) is 0.760. The van der Waals surface area contributed by atoms with Crippen LogP contribution >= 0.6 is 0 Å². The fourth-order valence-electron chi connectivity index (χ4n) is 2.13. The van der Waals surface area contributed by atoms with Crippen LogP contribution in [0.4, 0.5) is 0 Å². The third-order valence-electron chi connectivity index (χ3n) is 3.47. The van der Waals surface area contributed by atoms with Gasteiger partial charge in [-0.05, 0) is 49.4 Å². The van der Waals surface area contributed by atoms with Crippen LogP contribution in [0.25, 0.3) is 0 Å². The predicted molar refractivity (Wildman–Crippen MR) is 63.2 cm³/mol. The number of aryl methyl sites for hydroxylation is 3.